The number of benzene rings is 1. The van der Waals surface area contributed by atoms with E-state index in [4.69, 9.17) is 0 Å². The fraction of sp³-hybridized carbons (Fsp3) is 0.158. The van der Waals surface area contributed by atoms with Crippen LogP contribution in [0.2, 0.25) is 0 Å². The van der Waals surface area contributed by atoms with Gasteiger partial charge in [-0.2, -0.15) is 0 Å². The number of pyridine rings is 1. The van der Waals surface area contributed by atoms with Gasteiger partial charge in [0.2, 0.25) is 0 Å². The summed E-state index contributed by atoms with van der Waals surface area (Å²) in [4.78, 5) is 16.1. The van der Waals surface area contributed by atoms with Crippen molar-refractivity contribution in [2.45, 2.75) is 6.92 Å². The normalized spacial score (nSPS) is 10.3. The number of hydrogen-bond donors (Lipinski definition) is 3. The van der Waals surface area contributed by atoms with Crippen LogP contribution in [0.4, 0.5) is 21.8 Å². The second kappa shape index (κ2) is 8.70. The van der Waals surface area contributed by atoms with Gasteiger partial charge in [-0.05, 0) is 42.8 Å². The van der Waals surface area contributed by atoms with Crippen molar-refractivity contribution in [2.75, 3.05) is 23.7 Å². The van der Waals surface area contributed by atoms with E-state index >= 15 is 0 Å². The van der Waals surface area contributed by atoms with Crippen LogP contribution in [-0.4, -0.2) is 34.2 Å². The summed E-state index contributed by atoms with van der Waals surface area (Å²) < 4.78 is 13.5. The Hall–Kier alpha value is -3.55. The SMILES string of the molecule is Cc1ccc(Nc2ccc(NCCNC(=O)c3ccccc3F)nn2)nc1. The highest BCUT2D eigenvalue weighted by Gasteiger charge is 2.09. The van der Waals surface area contributed by atoms with Gasteiger partial charge in [-0.3, -0.25) is 4.79 Å². The summed E-state index contributed by atoms with van der Waals surface area (Å²) >= 11 is 0. The summed E-state index contributed by atoms with van der Waals surface area (Å²) in [5.74, 6) is 0.833. The molecule has 2 aromatic heterocycles. The third-order valence-corrected chi connectivity index (χ3v) is 3.67. The lowest BCUT2D eigenvalue weighted by Gasteiger charge is -2.08. The average Bonchev–Trinajstić information content (AvgIpc) is 2.68. The summed E-state index contributed by atoms with van der Waals surface area (Å²) in [7, 11) is 0. The molecule has 0 saturated heterocycles. The fourth-order valence-electron chi connectivity index (χ4n) is 2.27. The quantitative estimate of drug-likeness (QED) is 0.557. The topological polar surface area (TPSA) is 91.8 Å². The van der Waals surface area contributed by atoms with E-state index in [1.807, 2.05) is 19.1 Å². The highest BCUT2D eigenvalue weighted by Crippen LogP contribution is 2.12. The Labute approximate surface area is 156 Å². The predicted octanol–water partition coefficient (Wildman–Crippen LogP) is 2.90. The number of rotatable bonds is 7. The number of aromatic nitrogens is 3. The maximum atomic E-state index is 13.5. The zero-order valence-corrected chi connectivity index (χ0v) is 14.7. The van der Waals surface area contributed by atoms with Crippen molar-refractivity contribution in [2.24, 2.45) is 0 Å². The molecular formula is C19H19FN6O. The second-order valence-electron chi connectivity index (χ2n) is 5.81. The number of hydrogen-bond acceptors (Lipinski definition) is 6. The van der Waals surface area contributed by atoms with Gasteiger partial charge >= 0.3 is 0 Å². The largest absolute Gasteiger partial charge is 0.367 e. The Balaban J connectivity index is 1.44. The van der Waals surface area contributed by atoms with Crippen LogP contribution in [0.1, 0.15) is 15.9 Å². The Bertz CT molecular complexity index is 899. The van der Waals surface area contributed by atoms with Crippen LogP contribution in [0, 0.1) is 12.7 Å². The molecule has 138 valence electrons. The van der Waals surface area contributed by atoms with E-state index in [2.05, 4.69) is 31.1 Å². The Morgan fingerprint density at radius 2 is 1.70 bits per heavy atom. The molecule has 0 aliphatic heterocycles. The number of anilines is 3. The Kier molecular flexibility index (Phi) is 5.88. The summed E-state index contributed by atoms with van der Waals surface area (Å²) in [6, 6.07) is 13.2. The lowest BCUT2D eigenvalue weighted by Crippen LogP contribution is -2.29. The van der Waals surface area contributed by atoms with Gasteiger partial charge < -0.3 is 16.0 Å². The monoisotopic (exact) mass is 366 g/mol. The molecule has 1 aromatic carbocycles. The first-order valence-electron chi connectivity index (χ1n) is 8.42. The molecule has 0 radical (unpaired) electrons. The van der Waals surface area contributed by atoms with Crippen LogP contribution in [0.5, 0.6) is 0 Å². The molecule has 0 atom stereocenters. The average molecular weight is 366 g/mol. The van der Waals surface area contributed by atoms with E-state index in [1.165, 1.54) is 12.1 Å². The molecule has 0 saturated carbocycles. The van der Waals surface area contributed by atoms with Crippen LogP contribution < -0.4 is 16.0 Å². The maximum absolute atomic E-state index is 13.5. The minimum atomic E-state index is -0.542. The van der Waals surface area contributed by atoms with Gasteiger partial charge in [0.15, 0.2) is 5.82 Å². The molecular weight excluding hydrogens is 347 g/mol. The molecule has 0 aliphatic carbocycles. The van der Waals surface area contributed by atoms with E-state index in [1.54, 1.807) is 30.5 Å². The summed E-state index contributed by atoms with van der Waals surface area (Å²) in [6.45, 7) is 2.72. The van der Waals surface area contributed by atoms with E-state index in [0.717, 1.165) is 5.56 Å². The van der Waals surface area contributed by atoms with Gasteiger partial charge in [0.1, 0.15) is 17.5 Å². The van der Waals surface area contributed by atoms with Crippen molar-refractivity contribution in [1.82, 2.24) is 20.5 Å². The van der Waals surface area contributed by atoms with Gasteiger partial charge in [-0.25, -0.2) is 9.37 Å². The maximum Gasteiger partial charge on any atom is 0.254 e. The van der Waals surface area contributed by atoms with Crippen molar-refractivity contribution >= 4 is 23.4 Å². The number of nitrogens with one attached hydrogen (secondary N) is 3. The first-order chi connectivity index (χ1) is 13.1. The van der Waals surface area contributed by atoms with Crippen molar-refractivity contribution in [1.29, 1.82) is 0 Å². The molecule has 0 fully saturated rings. The Morgan fingerprint density at radius 3 is 2.41 bits per heavy atom. The van der Waals surface area contributed by atoms with Crippen molar-refractivity contribution in [3.05, 3.63) is 71.7 Å². The zero-order valence-electron chi connectivity index (χ0n) is 14.7. The van der Waals surface area contributed by atoms with E-state index in [0.29, 0.717) is 30.5 Å². The van der Waals surface area contributed by atoms with Gasteiger partial charge in [0.05, 0.1) is 5.56 Å². The molecule has 8 heteroatoms. The second-order valence-corrected chi connectivity index (χ2v) is 5.81. The van der Waals surface area contributed by atoms with Crippen molar-refractivity contribution < 1.29 is 9.18 Å². The molecule has 0 aliphatic rings. The van der Waals surface area contributed by atoms with Gasteiger partial charge in [-0.1, -0.05) is 18.2 Å². The highest BCUT2D eigenvalue weighted by molar-refractivity contribution is 5.94. The fourth-order valence-corrected chi connectivity index (χ4v) is 2.27. The molecule has 0 spiro atoms. The number of carbonyl (C=O) groups excluding carboxylic acids is 1. The number of aryl methyl sites for hydroxylation is 1. The molecule has 1 amide bonds. The number of carbonyl (C=O) groups is 1. The predicted molar refractivity (Wildman–Crippen MR) is 102 cm³/mol. The van der Waals surface area contributed by atoms with E-state index in [9.17, 15) is 9.18 Å². The molecule has 7 nitrogen and oxygen atoms in total. The third kappa shape index (κ3) is 5.21. The summed E-state index contributed by atoms with van der Waals surface area (Å²) in [6.07, 6.45) is 1.77. The van der Waals surface area contributed by atoms with Gasteiger partial charge in [0, 0.05) is 19.3 Å². The van der Waals surface area contributed by atoms with Crippen LogP contribution in [-0.2, 0) is 0 Å². The highest BCUT2D eigenvalue weighted by atomic mass is 19.1. The third-order valence-electron chi connectivity index (χ3n) is 3.67. The van der Waals surface area contributed by atoms with Crippen LogP contribution in [0.25, 0.3) is 0 Å². The van der Waals surface area contributed by atoms with Crippen LogP contribution >= 0.6 is 0 Å². The molecule has 3 aromatic rings. The number of amides is 1. The van der Waals surface area contributed by atoms with Gasteiger partial charge in [0.25, 0.3) is 5.91 Å². The van der Waals surface area contributed by atoms with Crippen LogP contribution in [0.15, 0.2) is 54.7 Å². The molecule has 0 bridgehead atoms. The van der Waals surface area contributed by atoms with E-state index < -0.39 is 11.7 Å². The minimum Gasteiger partial charge on any atom is -0.367 e. The minimum absolute atomic E-state index is 0.0254. The van der Waals surface area contributed by atoms with Crippen molar-refractivity contribution in [3.63, 3.8) is 0 Å². The number of halogens is 1. The lowest BCUT2D eigenvalue weighted by molar-refractivity contribution is 0.0951. The first-order valence-corrected chi connectivity index (χ1v) is 8.42. The smallest absolute Gasteiger partial charge is 0.254 e. The standard InChI is InChI=1S/C19H19FN6O/c1-13-6-7-16(23-12-13)24-18-9-8-17(25-26-18)21-10-11-22-19(27)14-4-2-3-5-15(14)20/h2-9,12H,10-11H2,1H3,(H,21,25)(H,22,27)(H,23,24,26). The van der Waals surface area contributed by atoms with Crippen molar-refractivity contribution in [3.8, 4) is 0 Å². The first kappa shape index (κ1) is 18.2. The molecule has 2 heterocycles. The molecule has 0 unspecified atom stereocenters. The summed E-state index contributed by atoms with van der Waals surface area (Å²) in [5.41, 5.74) is 1.10. The van der Waals surface area contributed by atoms with Crippen LogP contribution in [0.3, 0.4) is 0 Å². The molecule has 3 N–H and O–H groups in total. The van der Waals surface area contributed by atoms with Gasteiger partial charge in [-0.15, -0.1) is 10.2 Å². The zero-order chi connectivity index (χ0) is 19.1. The molecule has 27 heavy (non-hydrogen) atoms. The number of nitrogens with zero attached hydrogens (tertiary/aromatic N) is 3. The lowest BCUT2D eigenvalue weighted by atomic mass is 10.2. The summed E-state index contributed by atoms with van der Waals surface area (Å²) in [5, 5.41) is 16.9. The van der Waals surface area contributed by atoms with E-state index in [-0.39, 0.29) is 5.56 Å². The molecule has 3 rings (SSSR count). The Morgan fingerprint density at radius 1 is 0.963 bits per heavy atom.